The predicted molar refractivity (Wildman–Crippen MR) is 77.7 cm³/mol. The van der Waals surface area contributed by atoms with Crippen LogP contribution in [0, 0.1) is 6.92 Å². The van der Waals surface area contributed by atoms with Crippen molar-refractivity contribution in [2.24, 2.45) is 0 Å². The lowest BCUT2D eigenvalue weighted by molar-refractivity contribution is 0.102. The molecule has 0 saturated carbocycles. The van der Waals surface area contributed by atoms with Crippen molar-refractivity contribution in [3.63, 3.8) is 0 Å². The molecule has 1 aliphatic heterocycles. The first-order valence-electron chi connectivity index (χ1n) is 6.50. The van der Waals surface area contributed by atoms with E-state index in [1.54, 1.807) is 12.1 Å². The zero-order valence-corrected chi connectivity index (χ0v) is 12.3. The van der Waals surface area contributed by atoms with Gasteiger partial charge in [-0.1, -0.05) is 11.3 Å². The molecule has 1 fully saturated rings. The molecule has 0 radical (unpaired) electrons. The van der Waals surface area contributed by atoms with Crippen LogP contribution in [0.25, 0.3) is 0 Å². The van der Waals surface area contributed by atoms with Gasteiger partial charge in [-0.15, -0.1) is 20.4 Å². The van der Waals surface area contributed by atoms with E-state index in [4.69, 9.17) is 4.74 Å². The van der Waals surface area contributed by atoms with Crippen LogP contribution >= 0.6 is 11.3 Å². The standard InChI is InChI=1S/C12H14N6O2S/c1-8-14-17-12(21-8)13-11(19)9-2-3-10(16-15-9)18-4-6-20-7-5-18/h2-3H,4-7H2,1H3,(H,13,17,19). The van der Waals surface area contributed by atoms with Crippen molar-refractivity contribution in [1.82, 2.24) is 20.4 Å². The highest BCUT2D eigenvalue weighted by Crippen LogP contribution is 2.15. The summed E-state index contributed by atoms with van der Waals surface area (Å²) in [5.41, 5.74) is 0.250. The summed E-state index contributed by atoms with van der Waals surface area (Å²) in [6.45, 7) is 4.75. The molecule has 0 unspecified atom stereocenters. The number of carbonyl (C=O) groups excluding carboxylic acids is 1. The number of ether oxygens (including phenoxy) is 1. The molecule has 1 N–H and O–H groups in total. The summed E-state index contributed by atoms with van der Waals surface area (Å²) < 4.78 is 5.29. The molecule has 0 bridgehead atoms. The zero-order chi connectivity index (χ0) is 14.7. The molecule has 9 heteroatoms. The van der Waals surface area contributed by atoms with Gasteiger partial charge in [-0.3, -0.25) is 10.1 Å². The summed E-state index contributed by atoms with van der Waals surface area (Å²) in [6.07, 6.45) is 0. The Morgan fingerprint density at radius 1 is 1.24 bits per heavy atom. The van der Waals surface area contributed by atoms with Gasteiger partial charge in [0.05, 0.1) is 13.2 Å². The van der Waals surface area contributed by atoms with Gasteiger partial charge in [0.1, 0.15) is 5.01 Å². The van der Waals surface area contributed by atoms with Crippen molar-refractivity contribution in [2.45, 2.75) is 6.92 Å². The Balaban J connectivity index is 1.67. The lowest BCUT2D eigenvalue weighted by Gasteiger charge is -2.27. The fourth-order valence-corrected chi connectivity index (χ4v) is 2.50. The predicted octanol–water partition coefficient (Wildman–Crippen LogP) is 0.725. The average Bonchev–Trinajstić information content (AvgIpc) is 2.93. The number of aryl methyl sites for hydroxylation is 1. The molecule has 3 heterocycles. The summed E-state index contributed by atoms with van der Waals surface area (Å²) in [7, 11) is 0. The van der Waals surface area contributed by atoms with E-state index in [1.165, 1.54) is 11.3 Å². The minimum Gasteiger partial charge on any atom is -0.378 e. The third-order valence-corrected chi connectivity index (χ3v) is 3.72. The zero-order valence-electron chi connectivity index (χ0n) is 11.4. The Bertz CT molecular complexity index is 623. The van der Waals surface area contributed by atoms with Crippen molar-refractivity contribution in [3.05, 3.63) is 22.8 Å². The molecule has 2 aromatic heterocycles. The molecule has 0 atom stereocenters. The van der Waals surface area contributed by atoms with Gasteiger partial charge in [0.15, 0.2) is 11.5 Å². The Labute approximate surface area is 125 Å². The molecular formula is C12H14N6O2S. The average molecular weight is 306 g/mol. The van der Waals surface area contributed by atoms with E-state index in [0.717, 1.165) is 23.9 Å². The van der Waals surface area contributed by atoms with E-state index < -0.39 is 0 Å². The molecule has 110 valence electrons. The van der Waals surface area contributed by atoms with Crippen molar-refractivity contribution in [2.75, 3.05) is 36.5 Å². The lowest BCUT2D eigenvalue weighted by Crippen LogP contribution is -2.37. The number of hydrogen-bond donors (Lipinski definition) is 1. The molecule has 21 heavy (non-hydrogen) atoms. The number of amides is 1. The molecule has 1 aliphatic rings. The smallest absolute Gasteiger partial charge is 0.278 e. The number of nitrogens with zero attached hydrogens (tertiary/aromatic N) is 5. The normalized spacial score (nSPS) is 15.0. The molecule has 0 aromatic carbocycles. The molecule has 0 aliphatic carbocycles. The molecule has 1 saturated heterocycles. The summed E-state index contributed by atoms with van der Waals surface area (Å²) >= 11 is 1.31. The van der Waals surface area contributed by atoms with Gasteiger partial charge in [-0.05, 0) is 19.1 Å². The number of carbonyl (C=O) groups is 1. The van der Waals surface area contributed by atoms with Crippen molar-refractivity contribution in [1.29, 1.82) is 0 Å². The van der Waals surface area contributed by atoms with Crippen LogP contribution in [-0.4, -0.2) is 52.6 Å². The van der Waals surface area contributed by atoms with Gasteiger partial charge in [0.2, 0.25) is 5.13 Å². The maximum atomic E-state index is 12.0. The van der Waals surface area contributed by atoms with Crippen LogP contribution < -0.4 is 10.2 Å². The van der Waals surface area contributed by atoms with E-state index in [0.29, 0.717) is 18.3 Å². The van der Waals surface area contributed by atoms with Crippen LogP contribution in [0.2, 0.25) is 0 Å². The lowest BCUT2D eigenvalue weighted by atomic mass is 10.3. The third kappa shape index (κ3) is 3.31. The van der Waals surface area contributed by atoms with Gasteiger partial charge < -0.3 is 9.64 Å². The molecule has 2 aromatic rings. The number of hydrogen-bond acceptors (Lipinski definition) is 8. The van der Waals surface area contributed by atoms with Crippen molar-refractivity contribution in [3.8, 4) is 0 Å². The minimum absolute atomic E-state index is 0.250. The first kappa shape index (κ1) is 13.8. The Morgan fingerprint density at radius 2 is 2.05 bits per heavy atom. The van der Waals surface area contributed by atoms with Crippen molar-refractivity contribution >= 4 is 28.2 Å². The second kappa shape index (κ2) is 6.10. The van der Waals surface area contributed by atoms with E-state index in [-0.39, 0.29) is 11.6 Å². The van der Waals surface area contributed by atoms with Gasteiger partial charge >= 0.3 is 0 Å². The van der Waals surface area contributed by atoms with Crippen LogP contribution in [0.5, 0.6) is 0 Å². The highest BCUT2D eigenvalue weighted by molar-refractivity contribution is 7.15. The van der Waals surface area contributed by atoms with Gasteiger partial charge in [-0.2, -0.15) is 0 Å². The summed E-state index contributed by atoms with van der Waals surface area (Å²) in [6, 6.07) is 3.44. The largest absolute Gasteiger partial charge is 0.378 e. The maximum Gasteiger partial charge on any atom is 0.278 e. The van der Waals surface area contributed by atoms with E-state index >= 15 is 0 Å². The fourth-order valence-electron chi connectivity index (χ4n) is 1.92. The number of rotatable bonds is 3. The van der Waals surface area contributed by atoms with E-state index in [2.05, 4.69) is 30.6 Å². The number of nitrogens with one attached hydrogen (secondary N) is 1. The summed E-state index contributed by atoms with van der Waals surface area (Å²) in [4.78, 5) is 14.1. The molecule has 3 rings (SSSR count). The van der Waals surface area contributed by atoms with Crippen molar-refractivity contribution < 1.29 is 9.53 Å². The summed E-state index contributed by atoms with van der Waals surface area (Å²) in [5, 5.41) is 19.6. The molecular weight excluding hydrogens is 292 g/mol. The van der Waals surface area contributed by atoms with E-state index in [1.807, 2.05) is 6.92 Å². The molecule has 1 amide bonds. The SMILES string of the molecule is Cc1nnc(NC(=O)c2ccc(N3CCOCC3)nn2)s1. The van der Waals surface area contributed by atoms with Crippen LogP contribution in [0.1, 0.15) is 15.5 Å². The highest BCUT2D eigenvalue weighted by Gasteiger charge is 2.15. The van der Waals surface area contributed by atoms with Gasteiger partial charge in [0.25, 0.3) is 5.91 Å². The number of aromatic nitrogens is 4. The summed E-state index contributed by atoms with van der Waals surface area (Å²) in [5.74, 6) is 0.411. The van der Waals surface area contributed by atoms with Crippen LogP contribution in [0.3, 0.4) is 0 Å². The molecule has 0 spiro atoms. The van der Waals surface area contributed by atoms with Crippen LogP contribution in [-0.2, 0) is 4.74 Å². The number of morpholine rings is 1. The van der Waals surface area contributed by atoms with Gasteiger partial charge in [-0.25, -0.2) is 0 Å². The second-order valence-corrected chi connectivity index (χ2v) is 5.64. The Hall–Kier alpha value is -2.13. The topological polar surface area (TPSA) is 93.1 Å². The fraction of sp³-hybridized carbons (Fsp3) is 0.417. The minimum atomic E-state index is -0.341. The Morgan fingerprint density at radius 3 is 2.67 bits per heavy atom. The Kier molecular flexibility index (Phi) is 4.02. The van der Waals surface area contributed by atoms with Gasteiger partial charge in [0, 0.05) is 13.1 Å². The van der Waals surface area contributed by atoms with Crippen LogP contribution in [0.4, 0.5) is 10.9 Å². The first-order valence-corrected chi connectivity index (χ1v) is 7.32. The number of anilines is 2. The first-order chi connectivity index (χ1) is 10.2. The molecule has 8 nitrogen and oxygen atoms in total. The highest BCUT2D eigenvalue weighted by atomic mass is 32.1. The maximum absolute atomic E-state index is 12.0. The monoisotopic (exact) mass is 306 g/mol. The third-order valence-electron chi connectivity index (χ3n) is 2.96. The quantitative estimate of drug-likeness (QED) is 0.893. The van der Waals surface area contributed by atoms with E-state index in [9.17, 15) is 4.79 Å². The second-order valence-electron chi connectivity index (χ2n) is 4.46. The van der Waals surface area contributed by atoms with Crippen LogP contribution in [0.15, 0.2) is 12.1 Å².